The van der Waals surface area contributed by atoms with Gasteiger partial charge in [-0.25, -0.2) is 0 Å². The second-order valence-corrected chi connectivity index (χ2v) is 8.23. The number of alkyl halides is 3. The molecule has 6 heteroatoms. The molecule has 1 aliphatic rings. The van der Waals surface area contributed by atoms with E-state index in [1.54, 1.807) is 0 Å². The van der Waals surface area contributed by atoms with Gasteiger partial charge in [0.15, 0.2) is 0 Å². The Morgan fingerprint density at radius 3 is 2.39 bits per heavy atom. The average molecular weight is 431 g/mol. The first-order valence-electron chi connectivity index (χ1n) is 10.9. The zero-order valence-electron chi connectivity index (χ0n) is 17.9. The van der Waals surface area contributed by atoms with Gasteiger partial charge in [-0.3, -0.25) is 0 Å². The normalized spacial score (nSPS) is 19.7. The molecule has 0 N–H and O–H groups in total. The fourth-order valence-corrected chi connectivity index (χ4v) is 4.25. The van der Waals surface area contributed by atoms with Crippen LogP contribution in [-0.2, 0) is 6.18 Å². The van der Waals surface area contributed by atoms with Gasteiger partial charge in [-0.15, -0.1) is 0 Å². The third-order valence-corrected chi connectivity index (χ3v) is 6.01. The third-order valence-electron chi connectivity index (χ3n) is 6.01. The van der Waals surface area contributed by atoms with E-state index >= 15 is 0 Å². The van der Waals surface area contributed by atoms with Crippen molar-refractivity contribution in [3.05, 3.63) is 65.2 Å². The van der Waals surface area contributed by atoms with Crippen LogP contribution >= 0.6 is 0 Å². The second-order valence-electron chi connectivity index (χ2n) is 8.23. The van der Waals surface area contributed by atoms with Gasteiger partial charge < -0.3 is 9.64 Å². The number of nitriles is 1. The Kier molecular flexibility index (Phi) is 7.97. The molecule has 2 aromatic rings. The summed E-state index contributed by atoms with van der Waals surface area (Å²) in [5.41, 5.74) is 1.15. The van der Waals surface area contributed by atoms with E-state index in [4.69, 9.17) is 10.00 Å². The van der Waals surface area contributed by atoms with Crippen LogP contribution in [0.4, 0.5) is 13.2 Å². The van der Waals surface area contributed by atoms with Crippen molar-refractivity contribution in [1.82, 2.24) is 4.90 Å². The summed E-state index contributed by atoms with van der Waals surface area (Å²) in [6, 6.07) is 14.8. The molecule has 1 heterocycles. The molecule has 0 amide bonds. The van der Waals surface area contributed by atoms with E-state index in [1.165, 1.54) is 37.0 Å². The quantitative estimate of drug-likeness (QED) is 0.464. The topological polar surface area (TPSA) is 36.3 Å². The van der Waals surface area contributed by atoms with Gasteiger partial charge in [0.05, 0.1) is 23.8 Å². The summed E-state index contributed by atoms with van der Waals surface area (Å²) in [5.74, 6) is 0.977. The number of nitrogens with zero attached hydrogens (tertiary/aromatic N) is 2. The van der Waals surface area contributed by atoms with Gasteiger partial charge in [0, 0.05) is 12.5 Å². The smallest absolute Gasteiger partial charge is 0.416 e. The first kappa shape index (κ1) is 23.1. The van der Waals surface area contributed by atoms with Crippen molar-refractivity contribution in [2.75, 3.05) is 26.2 Å². The van der Waals surface area contributed by atoms with Gasteiger partial charge in [0.25, 0.3) is 0 Å². The number of piperidine rings is 1. The molecule has 0 spiro atoms. The van der Waals surface area contributed by atoms with Crippen molar-refractivity contribution in [3.8, 4) is 11.8 Å². The van der Waals surface area contributed by atoms with Gasteiger partial charge in [-0.2, -0.15) is 18.4 Å². The number of halogens is 3. The summed E-state index contributed by atoms with van der Waals surface area (Å²) in [6.07, 6.45) is 0.218. The van der Waals surface area contributed by atoms with E-state index in [1.807, 2.05) is 24.3 Å². The van der Waals surface area contributed by atoms with E-state index < -0.39 is 11.7 Å². The molecule has 0 aromatic heterocycles. The molecule has 1 aliphatic heterocycles. The standard InChI is InChI=1S/C25H29F3N2O/c1-2-3-4-14-30-15-13-24(20-7-5-19(16-29)6-8-20)21(17-30)18-31-23-11-9-22(10-12-23)25(26,27)28/h5-12,21,24H,2-4,13-15,17-18H2,1H3. The van der Waals surface area contributed by atoms with Crippen LogP contribution < -0.4 is 4.74 Å². The molecular weight excluding hydrogens is 401 g/mol. The Hall–Kier alpha value is -2.52. The molecule has 1 saturated heterocycles. The van der Waals surface area contributed by atoms with Crippen LogP contribution in [0.15, 0.2) is 48.5 Å². The molecule has 3 nitrogen and oxygen atoms in total. The van der Waals surface area contributed by atoms with Crippen molar-refractivity contribution in [1.29, 1.82) is 5.26 Å². The van der Waals surface area contributed by atoms with Gasteiger partial charge in [0.2, 0.25) is 0 Å². The second kappa shape index (κ2) is 10.7. The molecule has 0 aliphatic carbocycles. The number of hydrogen-bond acceptors (Lipinski definition) is 3. The van der Waals surface area contributed by atoms with E-state index in [-0.39, 0.29) is 5.92 Å². The van der Waals surface area contributed by atoms with Gasteiger partial charge in [-0.1, -0.05) is 31.9 Å². The monoisotopic (exact) mass is 430 g/mol. The minimum Gasteiger partial charge on any atom is -0.493 e. The van der Waals surface area contributed by atoms with Gasteiger partial charge in [0.1, 0.15) is 5.75 Å². The zero-order chi connectivity index (χ0) is 22.3. The molecule has 31 heavy (non-hydrogen) atoms. The fraction of sp³-hybridized carbons (Fsp3) is 0.480. The molecule has 0 radical (unpaired) electrons. The molecule has 2 aromatic carbocycles. The van der Waals surface area contributed by atoms with Gasteiger partial charge in [-0.05, 0) is 73.8 Å². The number of hydrogen-bond donors (Lipinski definition) is 0. The lowest BCUT2D eigenvalue weighted by molar-refractivity contribution is -0.137. The van der Waals surface area contributed by atoms with E-state index in [0.29, 0.717) is 23.8 Å². The fourth-order valence-electron chi connectivity index (χ4n) is 4.25. The Morgan fingerprint density at radius 2 is 1.77 bits per heavy atom. The summed E-state index contributed by atoms with van der Waals surface area (Å²) in [6.45, 7) is 5.61. The average Bonchev–Trinajstić information content (AvgIpc) is 2.78. The number of unbranched alkanes of at least 4 members (excludes halogenated alkanes) is 2. The first-order chi connectivity index (χ1) is 14.9. The van der Waals surface area contributed by atoms with Crippen LogP contribution in [0.3, 0.4) is 0 Å². The van der Waals surface area contributed by atoms with Crippen molar-refractivity contribution in [2.45, 2.75) is 44.7 Å². The van der Waals surface area contributed by atoms with Crippen LogP contribution in [0.1, 0.15) is 55.2 Å². The Labute approximate surface area is 182 Å². The molecule has 0 bridgehead atoms. The lowest BCUT2D eigenvalue weighted by Gasteiger charge is -2.39. The van der Waals surface area contributed by atoms with Gasteiger partial charge >= 0.3 is 6.18 Å². The Bertz CT molecular complexity index is 856. The van der Waals surface area contributed by atoms with E-state index in [0.717, 1.165) is 38.2 Å². The SMILES string of the molecule is CCCCCN1CCC(c2ccc(C#N)cc2)C(COc2ccc(C(F)(F)F)cc2)C1. The van der Waals surface area contributed by atoms with Crippen LogP contribution in [-0.4, -0.2) is 31.1 Å². The van der Waals surface area contributed by atoms with Crippen LogP contribution in [0, 0.1) is 17.2 Å². The third kappa shape index (κ3) is 6.48. The van der Waals surface area contributed by atoms with Crippen molar-refractivity contribution < 1.29 is 17.9 Å². The van der Waals surface area contributed by atoms with Crippen LogP contribution in [0.25, 0.3) is 0 Å². The minimum atomic E-state index is -4.35. The van der Waals surface area contributed by atoms with Crippen LogP contribution in [0.5, 0.6) is 5.75 Å². The lowest BCUT2D eigenvalue weighted by Crippen LogP contribution is -2.42. The summed E-state index contributed by atoms with van der Waals surface area (Å²) < 4.78 is 44.3. The number of benzene rings is 2. The molecule has 3 rings (SSSR count). The number of likely N-dealkylation sites (tertiary alicyclic amines) is 1. The maximum atomic E-state index is 12.8. The summed E-state index contributed by atoms with van der Waals surface area (Å²) in [4.78, 5) is 2.47. The summed E-state index contributed by atoms with van der Waals surface area (Å²) in [5, 5.41) is 9.06. The highest BCUT2D eigenvalue weighted by Gasteiger charge is 2.32. The molecule has 2 unspecified atom stereocenters. The zero-order valence-corrected chi connectivity index (χ0v) is 17.9. The maximum absolute atomic E-state index is 12.8. The highest BCUT2D eigenvalue weighted by molar-refractivity contribution is 5.34. The Morgan fingerprint density at radius 1 is 1.06 bits per heavy atom. The van der Waals surface area contributed by atoms with Crippen molar-refractivity contribution in [3.63, 3.8) is 0 Å². The van der Waals surface area contributed by atoms with Crippen molar-refractivity contribution in [2.24, 2.45) is 5.92 Å². The predicted molar refractivity (Wildman–Crippen MR) is 115 cm³/mol. The highest BCUT2D eigenvalue weighted by Crippen LogP contribution is 2.35. The Balaban J connectivity index is 1.69. The van der Waals surface area contributed by atoms with E-state index in [2.05, 4.69) is 17.9 Å². The lowest BCUT2D eigenvalue weighted by atomic mass is 9.80. The predicted octanol–water partition coefficient (Wildman–Crippen LogP) is 6.25. The highest BCUT2D eigenvalue weighted by atomic mass is 19.4. The first-order valence-corrected chi connectivity index (χ1v) is 10.9. The van der Waals surface area contributed by atoms with Crippen molar-refractivity contribution >= 4 is 0 Å². The van der Waals surface area contributed by atoms with E-state index in [9.17, 15) is 13.2 Å². The molecule has 166 valence electrons. The minimum absolute atomic E-state index is 0.227. The maximum Gasteiger partial charge on any atom is 0.416 e. The number of rotatable bonds is 8. The summed E-state index contributed by atoms with van der Waals surface area (Å²) >= 11 is 0. The molecule has 2 atom stereocenters. The van der Waals surface area contributed by atoms with Crippen LogP contribution in [0.2, 0.25) is 0 Å². The summed E-state index contributed by atoms with van der Waals surface area (Å²) in [7, 11) is 0. The largest absolute Gasteiger partial charge is 0.493 e. The number of ether oxygens (including phenoxy) is 1. The molecule has 1 fully saturated rings. The molecular formula is C25H29F3N2O. The molecule has 0 saturated carbocycles.